The van der Waals surface area contributed by atoms with Gasteiger partial charge < -0.3 is 23.5 Å². The number of non-ortho nitro benzene ring substituents is 1. The van der Waals surface area contributed by atoms with E-state index in [1.165, 1.54) is 30.3 Å². The second-order valence-corrected chi connectivity index (χ2v) is 12.2. The van der Waals surface area contributed by atoms with Crippen molar-refractivity contribution < 1.29 is 32.0 Å². The van der Waals surface area contributed by atoms with Gasteiger partial charge in [0, 0.05) is 37.0 Å². The van der Waals surface area contributed by atoms with Crippen LogP contribution in [0.2, 0.25) is 0 Å². The molecule has 0 N–H and O–H groups in total. The maximum atomic E-state index is 13.8. The van der Waals surface area contributed by atoms with E-state index in [1.54, 1.807) is 26.4 Å². The highest BCUT2D eigenvalue weighted by molar-refractivity contribution is 7.91. The molecule has 230 valence electrons. The molecule has 0 bridgehead atoms. The molecule has 4 rings (SSSR count). The van der Waals surface area contributed by atoms with E-state index in [-0.39, 0.29) is 20.9 Å². The van der Waals surface area contributed by atoms with Gasteiger partial charge in [0.25, 0.3) is 5.69 Å². The number of fused-ring (bicyclic) bond motifs is 1. The van der Waals surface area contributed by atoms with Crippen molar-refractivity contribution in [3.63, 3.8) is 0 Å². The van der Waals surface area contributed by atoms with Gasteiger partial charge in [-0.15, -0.1) is 0 Å². The van der Waals surface area contributed by atoms with E-state index in [1.807, 2.05) is 25.1 Å². The SMILES string of the molecule is CCCCc1oc2ccc([N+](=O)[O-])cc2c1S(=O)(=O)c1ccc(OCCCN(C)CCc2ccc(OC)c(OC)c2)cc1. The largest absolute Gasteiger partial charge is 0.494 e. The maximum Gasteiger partial charge on any atom is 0.270 e. The van der Waals surface area contributed by atoms with E-state index < -0.39 is 14.8 Å². The molecule has 0 saturated carbocycles. The summed E-state index contributed by atoms with van der Waals surface area (Å²) in [5.74, 6) is 2.30. The summed E-state index contributed by atoms with van der Waals surface area (Å²) in [6, 6.07) is 16.2. The first-order chi connectivity index (χ1) is 20.7. The minimum atomic E-state index is -4.01. The Morgan fingerprint density at radius 3 is 2.33 bits per heavy atom. The number of rotatable bonds is 16. The Balaban J connectivity index is 1.36. The molecule has 3 aromatic carbocycles. The molecule has 0 aliphatic rings. The second kappa shape index (κ2) is 14.4. The first-order valence-corrected chi connectivity index (χ1v) is 15.7. The number of nitro benzene ring substituents is 1. The molecule has 0 radical (unpaired) electrons. The van der Waals surface area contributed by atoms with E-state index in [9.17, 15) is 18.5 Å². The van der Waals surface area contributed by atoms with Gasteiger partial charge in [-0.1, -0.05) is 19.4 Å². The monoisotopic (exact) mass is 610 g/mol. The molecule has 4 aromatic rings. The number of unbranched alkanes of at least 4 members (excludes halogenated alkanes) is 1. The van der Waals surface area contributed by atoms with Crippen LogP contribution in [0.25, 0.3) is 11.0 Å². The Kier molecular flexibility index (Phi) is 10.7. The number of likely N-dealkylation sites (N-methyl/N-ethyl adjacent to an activating group) is 1. The lowest BCUT2D eigenvalue weighted by Crippen LogP contribution is -2.23. The lowest BCUT2D eigenvalue weighted by molar-refractivity contribution is -0.384. The predicted molar refractivity (Wildman–Crippen MR) is 164 cm³/mol. The van der Waals surface area contributed by atoms with Crippen LogP contribution in [0.15, 0.2) is 74.9 Å². The number of sulfone groups is 1. The van der Waals surface area contributed by atoms with Crippen molar-refractivity contribution in [3.05, 3.63) is 82.1 Å². The van der Waals surface area contributed by atoms with Gasteiger partial charge in [-0.25, -0.2) is 8.42 Å². The van der Waals surface area contributed by atoms with E-state index in [2.05, 4.69) is 11.9 Å². The van der Waals surface area contributed by atoms with Crippen LogP contribution in [0, 0.1) is 10.1 Å². The summed E-state index contributed by atoms with van der Waals surface area (Å²) in [5.41, 5.74) is 1.28. The molecule has 1 heterocycles. The van der Waals surface area contributed by atoms with E-state index >= 15 is 0 Å². The average Bonchev–Trinajstić information content (AvgIpc) is 3.39. The number of nitro groups is 1. The average molecular weight is 611 g/mol. The van der Waals surface area contributed by atoms with Gasteiger partial charge >= 0.3 is 0 Å². The molecule has 0 spiro atoms. The number of hydrogen-bond acceptors (Lipinski definition) is 9. The van der Waals surface area contributed by atoms with Crippen LogP contribution in [0.1, 0.15) is 37.5 Å². The molecule has 11 heteroatoms. The van der Waals surface area contributed by atoms with Crippen molar-refractivity contribution >= 4 is 26.5 Å². The molecule has 10 nitrogen and oxygen atoms in total. The third-order valence-corrected chi connectivity index (χ3v) is 9.13. The topological polar surface area (TPSA) is 121 Å². The molecule has 0 aliphatic carbocycles. The van der Waals surface area contributed by atoms with E-state index in [0.29, 0.717) is 41.6 Å². The lowest BCUT2D eigenvalue weighted by atomic mass is 10.1. The zero-order valence-electron chi connectivity index (χ0n) is 25.0. The summed E-state index contributed by atoms with van der Waals surface area (Å²) < 4.78 is 50.0. The Hall–Kier alpha value is -4.09. The number of hydrogen-bond donors (Lipinski definition) is 0. The van der Waals surface area contributed by atoms with Crippen LogP contribution in [0.5, 0.6) is 17.2 Å². The molecule has 1 aromatic heterocycles. The van der Waals surface area contributed by atoms with E-state index in [0.717, 1.165) is 44.3 Å². The summed E-state index contributed by atoms with van der Waals surface area (Å²) >= 11 is 0. The first kappa shape index (κ1) is 31.8. The fourth-order valence-electron chi connectivity index (χ4n) is 4.85. The van der Waals surface area contributed by atoms with Gasteiger partial charge in [0.1, 0.15) is 22.0 Å². The number of ether oxygens (including phenoxy) is 3. The quantitative estimate of drug-likeness (QED) is 0.0797. The predicted octanol–water partition coefficient (Wildman–Crippen LogP) is 6.48. The van der Waals surface area contributed by atoms with Crippen LogP contribution in [-0.4, -0.2) is 59.2 Å². The Labute approximate surface area is 252 Å². The van der Waals surface area contributed by atoms with Gasteiger partial charge in [-0.2, -0.15) is 0 Å². The van der Waals surface area contributed by atoms with Gasteiger partial charge in [-0.05, 0) is 74.3 Å². The summed E-state index contributed by atoms with van der Waals surface area (Å²) in [5, 5.41) is 11.6. The number of methoxy groups -OCH3 is 2. The van der Waals surface area contributed by atoms with Crippen LogP contribution in [0.4, 0.5) is 5.69 Å². The molecule has 43 heavy (non-hydrogen) atoms. The summed E-state index contributed by atoms with van der Waals surface area (Å²) in [7, 11) is 1.29. The van der Waals surface area contributed by atoms with Crippen molar-refractivity contribution in [3.8, 4) is 17.2 Å². The van der Waals surface area contributed by atoms with Crippen molar-refractivity contribution in [1.82, 2.24) is 4.90 Å². The molecule has 0 unspecified atom stereocenters. The summed E-state index contributed by atoms with van der Waals surface area (Å²) in [6.45, 7) is 4.18. The van der Waals surface area contributed by atoms with Crippen LogP contribution in [-0.2, 0) is 22.7 Å². The molecular weight excluding hydrogens is 572 g/mol. The van der Waals surface area contributed by atoms with Crippen LogP contribution in [0.3, 0.4) is 0 Å². The number of aryl methyl sites for hydroxylation is 1. The highest BCUT2D eigenvalue weighted by atomic mass is 32.2. The third-order valence-electron chi connectivity index (χ3n) is 7.25. The Morgan fingerprint density at radius 1 is 0.907 bits per heavy atom. The zero-order valence-corrected chi connectivity index (χ0v) is 25.8. The number of furan rings is 1. The van der Waals surface area contributed by atoms with Crippen molar-refractivity contribution in [2.45, 2.75) is 48.8 Å². The summed E-state index contributed by atoms with van der Waals surface area (Å²) in [4.78, 5) is 13.1. The first-order valence-electron chi connectivity index (χ1n) is 14.2. The van der Waals surface area contributed by atoms with Crippen molar-refractivity contribution in [1.29, 1.82) is 0 Å². The molecule has 0 fully saturated rings. The highest BCUT2D eigenvalue weighted by Gasteiger charge is 2.29. The molecule has 0 aliphatic heterocycles. The maximum absolute atomic E-state index is 13.8. The van der Waals surface area contributed by atoms with Gasteiger partial charge in [0.05, 0.1) is 30.6 Å². The van der Waals surface area contributed by atoms with Gasteiger partial charge in [-0.3, -0.25) is 10.1 Å². The summed E-state index contributed by atoms with van der Waals surface area (Å²) in [6.07, 6.45) is 3.65. The van der Waals surface area contributed by atoms with Gasteiger partial charge in [0.15, 0.2) is 11.5 Å². The number of nitrogens with zero attached hydrogens (tertiary/aromatic N) is 2. The van der Waals surface area contributed by atoms with Crippen LogP contribution >= 0.6 is 0 Å². The fourth-order valence-corrected chi connectivity index (χ4v) is 6.47. The fraction of sp³-hybridized carbons (Fsp3) is 0.375. The number of benzene rings is 3. The lowest BCUT2D eigenvalue weighted by Gasteiger charge is -2.17. The molecule has 0 amide bonds. The molecule has 0 atom stereocenters. The minimum Gasteiger partial charge on any atom is -0.494 e. The van der Waals surface area contributed by atoms with Crippen LogP contribution < -0.4 is 14.2 Å². The molecule has 0 saturated heterocycles. The Morgan fingerprint density at radius 2 is 1.65 bits per heavy atom. The van der Waals surface area contributed by atoms with Crippen molar-refractivity contribution in [2.75, 3.05) is 41.0 Å². The minimum absolute atomic E-state index is 0.00978. The van der Waals surface area contributed by atoms with Crippen molar-refractivity contribution in [2.24, 2.45) is 0 Å². The zero-order chi connectivity index (χ0) is 31.0. The van der Waals surface area contributed by atoms with Gasteiger partial charge in [0.2, 0.25) is 9.84 Å². The van der Waals surface area contributed by atoms with E-state index in [4.69, 9.17) is 18.6 Å². The second-order valence-electron chi connectivity index (χ2n) is 10.3. The third kappa shape index (κ3) is 7.66. The standard InChI is InChI=1S/C32H38N2O8S/c1-5-6-8-30-32(27-22-24(34(35)36)10-16-28(27)42-30)43(37,38)26-13-11-25(12-14-26)41-20-7-18-33(2)19-17-23-9-15-29(39-3)31(21-23)40-4/h9-16,21-22H,5-8,17-20H2,1-4H3. The Bertz CT molecular complexity index is 1650. The highest BCUT2D eigenvalue weighted by Crippen LogP contribution is 2.37. The molecular formula is C32H38N2O8S. The smallest absolute Gasteiger partial charge is 0.270 e. The normalized spacial score (nSPS) is 11.7.